The Morgan fingerprint density at radius 3 is 2.58 bits per heavy atom. The van der Waals surface area contributed by atoms with Crippen LogP contribution in [-0.4, -0.2) is 23.5 Å². The van der Waals surface area contributed by atoms with E-state index < -0.39 is 18.5 Å². The van der Waals surface area contributed by atoms with Crippen LogP contribution >= 0.6 is 0 Å². The minimum absolute atomic E-state index is 0.252. The number of benzene rings is 2. The van der Waals surface area contributed by atoms with Crippen LogP contribution in [0.5, 0.6) is 0 Å². The summed E-state index contributed by atoms with van der Waals surface area (Å²) >= 11 is 0. The molecule has 156 valence electrons. The molecule has 4 aromatic rings. The number of esters is 1. The van der Waals surface area contributed by atoms with Gasteiger partial charge >= 0.3 is 5.97 Å². The van der Waals surface area contributed by atoms with Crippen molar-refractivity contribution >= 4 is 28.5 Å². The van der Waals surface area contributed by atoms with Crippen molar-refractivity contribution in [3.8, 4) is 11.5 Å². The van der Waals surface area contributed by atoms with Gasteiger partial charge in [0, 0.05) is 11.1 Å². The van der Waals surface area contributed by atoms with Crippen molar-refractivity contribution in [2.45, 2.75) is 19.8 Å². The van der Waals surface area contributed by atoms with Gasteiger partial charge in [0.05, 0.1) is 17.3 Å². The summed E-state index contributed by atoms with van der Waals surface area (Å²) in [5.41, 5.74) is 3.22. The number of nitrogens with one attached hydrogen (secondary N) is 1. The quantitative estimate of drug-likeness (QED) is 0.427. The SMILES string of the molecule is CC(C)c1ccccc1NC(=O)COC(=O)c1cc(-c2ccco2)nc2ccccc12. The zero-order valence-electron chi connectivity index (χ0n) is 17.3. The number of nitrogens with zero attached hydrogens (tertiary/aromatic N) is 1. The van der Waals surface area contributed by atoms with Crippen molar-refractivity contribution in [1.29, 1.82) is 0 Å². The number of hydrogen-bond acceptors (Lipinski definition) is 5. The van der Waals surface area contributed by atoms with E-state index in [0.717, 1.165) is 5.56 Å². The Morgan fingerprint density at radius 2 is 1.81 bits per heavy atom. The molecule has 0 unspecified atom stereocenters. The average molecular weight is 414 g/mol. The van der Waals surface area contributed by atoms with E-state index in [4.69, 9.17) is 9.15 Å². The van der Waals surface area contributed by atoms with Crippen LogP contribution in [0, 0.1) is 0 Å². The lowest BCUT2D eigenvalue weighted by Crippen LogP contribution is -2.22. The summed E-state index contributed by atoms with van der Waals surface area (Å²) in [6.07, 6.45) is 1.55. The molecule has 4 rings (SSSR count). The van der Waals surface area contributed by atoms with E-state index in [1.807, 2.05) is 42.5 Å². The molecular formula is C25H22N2O4. The average Bonchev–Trinajstić information content (AvgIpc) is 3.32. The Morgan fingerprint density at radius 1 is 1.03 bits per heavy atom. The third-order valence-corrected chi connectivity index (χ3v) is 4.90. The maximum absolute atomic E-state index is 12.9. The molecule has 0 saturated heterocycles. The lowest BCUT2D eigenvalue weighted by Gasteiger charge is -2.14. The number of anilines is 1. The molecule has 0 aliphatic rings. The van der Waals surface area contributed by atoms with E-state index in [2.05, 4.69) is 24.1 Å². The van der Waals surface area contributed by atoms with Crippen LogP contribution < -0.4 is 5.32 Å². The Hall–Kier alpha value is -3.93. The van der Waals surface area contributed by atoms with Crippen LogP contribution in [0.15, 0.2) is 77.4 Å². The van der Waals surface area contributed by atoms with E-state index >= 15 is 0 Å². The second-order valence-corrected chi connectivity index (χ2v) is 7.42. The zero-order valence-corrected chi connectivity index (χ0v) is 17.3. The largest absolute Gasteiger partial charge is 0.463 e. The van der Waals surface area contributed by atoms with Crippen LogP contribution in [0.3, 0.4) is 0 Å². The van der Waals surface area contributed by atoms with Crippen molar-refractivity contribution < 1.29 is 18.7 Å². The molecule has 1 amide bonds. The maximum Gasteiger partial charge on any atom is 0.339 e. The van der Waals surface area contributed by atoms with Gasteiger partial charge in [0.25, 0.3) is 5.91 Å². The minimum atomic E-state index is -0.598. The zero-order chi connectivity index (χ0) is 21.8. The standard InChI is InChI=1S/C25H22N2O4/c1-16(2)17-8-3-5-10-20(17)27-24(28)15-31-25(29)19-14-22(23-12-7-13-30-23)26-21-11-6-4-9-18(19)21/h3-14,16H,15H2,1-2H3,(H,27,28). The smallest absolute Gasteiger partial charge is 0.339 e. The summed E-state index contributed by atoms with van der Waals surface area (Å²) in [5, 5.41) is 3.47. The van der Waals surface area contributed by atoms with Crippen molar-refractivity contribution in [3.63, 3.8) is 0 Å². The highest BCUT2D eigenvalue weighted by molar-refractivity contribution is 6.05. The second kappa shape index (κ2) is 8.83. The molecule has 2 aromatic carbocycles. The summed E-state index contributed by atoms with van der Waals surface area (Å²) in [6.45, 7) is 3.71. The first-order valence-corrected chi connectivity index (χ1v) is 10.0. The second-order valence-electron chi connectivity index (χ2n) is 7.42. The number of aromatic nitrogens is 1. The van der Waals surface area contributed by atoms with Crippen LogP contribution in [0.25, 0.3) is 22.4 Å². The molecule has 2 heterocycles. The van der Waals surface area contributed by atoms with Crippen LogP contribution in [-0.2, 0) is 9.53 Å². The first-order valence-electron chi connectivity index (χ1n) is 10.0. The van der Waals surface area contributed by atoms with Crippen molar-refractivity contribution in [2.75, 3.05) is 11.9 Å². The fourth-order valence-corrected chi connectivity index (χ4v) is 3.40. The predicted octanol–water partition coefficient (Wildman–Crippen LogP) is 5.41. The van der Waals surface area contributed by atoms with Gasteiger partial charge in [-0.3, -0.25) is 4.79 Å². The molecule has 0 bridgehead atoms. The molecule has 6 nitrogen and oxygen atoms in total. The molecule has 2 aromatic heterocycles. The van der Waals surface area contributed by atoms with E-state index in [0.29, 0.717) is 33.6 Å². The minimum Gasteiger partial charge on any atom is -0.463 e. The summed E-state index contributed by atoms with van der Waals surface area (Å²) in [6, 6.07) is 20.0. The third-order valence-electron chi connectivity index (χ3n) is 4.90. The van der Waals surface area contributed by atoms with Gasteiger partial charge in [-0.05, 0) is 41.8 Å². The molecule has 0 radical (unpaired) electrons. The summed E-state index contributed by atoms with van der Waals surface area (Å²) in [4.78, 5) is 29.8. The molecule has 0 saturated carbocycles. The van der Waals surface area contributed by atoms with Gasteiger partial charge in [-0.1, -0.05) is 50.2 Å². The van der Waals surface area contributed by atoms with Gasteiger partial charge < -0.3 is 14.5 Å². The Balaban J connectivity index is 1.53. The number of furan rings is 1. The Kier molecular flexibility index (Phi) is 5.80. The molecule has 6 heteroatoms. The highest BCUT2D eigenvalue weighted by Gasteiger charge is 2.18. The first-order chi connectivity index (χ1) is 15.0. The van der Waals surface area contributed by atoms with Crippen molar-refractivity contribution in [2.24, 2.45) is 0 Å². The molecular weight excluding hydrogens is 392 g/mol. The van der Waals surface area contributed by atoms with Gasteiger partial charge in [-0.2, -0.15) is 0 Å². The number of hydrogen-bond donors (Lipinski definition) is 1. The number of amides is 1. The molecule has 0 spiro atoms. The monoisotopic (exact) mass is 414 g/mol. The summed E-state index contributed by atoms with van der Waals surface area (Å²) < 4.78 is 10.8. The molecule has 31 heavy (non-hydrogen) atoms. The van der Waals surface area contributed by atoms with Crippen LogP contribution in [0.1, 0.15) is 35.7 Å². The number of rotatable bonds is 6. The van der Waals surface area contributed by atoms with E-state index in [1.165, 1.54) is 0 Å². The number of fused-ring (bicyclic) bond motifs is 1. The molecule has 0 atom stereocenters. The molecule has 0 fully saturated rings. The number of para-hydroxylation sites is 2. The Labute approximate surface area is 179 Å². The summed E-state index contributed by atoms with van der Waals surface area (Å²) in [7, 11) is 0. The maximum atomic E-state index is 12.9. The van der Waals surface area contributed by atoms with Crippen molar-refractivity contribution in [1.82, 2.24) is 4.98 Å². The van der Waals surface area contributed by atoms with Crippen LogP contribution in [0.2, 0.25) is 0 Å². The highest BCUT2D eigenvalue weighted by atomic mass is 16.5. The lowest BCUT2D eigenvalue weighted by molar-refractivity contribution is -0.119. The number of carbonyl (C=O) groups is 2. The van der Waals surface area contributed by atoms with Gasteiger partial charge in [0.15, 0.2) is 12.4 Å². The topological polar surface area (TPSA) is 81.4 Å². The summed E-state index contributed by atoms with van der Waals surface area (Å²) in [5.74, 6) is -0.199. The fraction of sp³-hybridized carbons (Fsp3) is 0.160. The van der Waals surface area contributed by atoms with Gasteiger partial charge in [-0.25, -0.2) is 9.78 Å². The molecule has 0 aliphatic carbocycles. The van der Waals surface area contributed by atoms with Gasteiger partial charge in [-0.15, -0.1) is 0 Å². The predicted molar refractivity (Wildman–Crippen MR) is 119 cm³/mol. The number of pyridine rings is 1. The number of carbonyl (C=O) groups excluding carboxylic acids is 2. The van der Waals surface area contributed by atoms with Crippen molar-refractivity contribution in [3.05, 3.63) is 84.1 Å². The van der Waals surface area contributed by atoms with Gasteiger partial charge in [0.2, 0.25) is 0 Å². The van der Waals surface area contributed by atoms with Crippen LogP contribution in [0.4, 0.5) is 5.69 Å². The molecule has 1 N–H and O–H groups in total. The highest BCUT2D eigenvalue weighted by Crippen LogP contribution is 2.26. The Bertz CT molecular complexity index is 1230. The lowest BCUT2D eigenvalue weighted by atomic mass is 10.0. The van der Waals surface area contributed by atoms with E-state index in [1.54, 1.807) is 30.5 Å². The first kappa shape index (κ1) is 20.3. The van der Waals surface area contributed by atoms with Gasteiger partial charge in [0.1, 0.15) is 5.69 Å². The van der Waals surface area contributed by atoms with E-state index in [-0.39, 0.29) is 5.92 Å². The third kappa shape index (κ3) is 4.48. The normalized spacial score (nSPS) is 10.9. The number of ether oxygens (including phenoxy) is 1. The molecule has 0 aliphatic heterocycles. The van der Waals surface area contributed by atoms with E-state index in [9.17, 15) is 9.59 Å². The fourth-order valence-electron chi connectivity index (χ4n) is 3.40.